The minimum Gasteiger partial charge on any atom is -0.247 e. The molecule has 0 N–H and O–H groups in total. The van der Waals surface area contributed by atoms with E-state index >= 15 is 8.78 Å². The molecule has 0 saturated carbocycles. The zero-order valence-corrected chi connectivity index (χ0v) is 23.0. The molecule has 0 unspecified atom stereocenters. The Kier molecular flexibility index (Phi) is 6.25. The van der Waals surface area contributed by atoms with Crippen LogP contribution >= 0.6 is 11.7 Å². The van der Waals surface area contributed by atoms with E-state index in [9.17, 15) is 20.2 Å². The highest BCUT2D eigenvalue weighted by molar-refractivity contribution is 7.00. The lowest BCUT2D eigenvalue weighted by atomic mass is 9.92. The first-order valence-corrected chi connectivity index (χ1v) is 13.8. The first-order chi connectivity index (χ1) is 21.4. The van der Waals surface area contributed by atoms with Gasteiger partial charge in [-0.15, -0.1) is 0 Å². The largest absolute Gasteiger partial charge is 0.247 e. The molecule has 7 aromatic rings. The van der Waals surface area contributed by atoms with Crippen molar-refractivity contribution >= 4 is 44.4 Å². The third-order valence-corrected chi connectivity index (χ3v) is 8.02. The molecule has 44 heavy (non-hydrogen) atoms. The fourth-order valence-corrected chi connectivity index (χ4v) is 6.01. The number of rotatable bonds is 3. The summed E-state index contributed by atoms with van der Waals surface area (Å²) in [4.78, 5) is 4.94. The molecule has 0 aliphatic carbocycles. The van der Waals surface area contributed by atoms with Crippen molar-refractivity contribution in [2.75, 3.05) is 0 Å². The number of nitrogens with zero attached hydrogens (tertiary/aromatic N) is 6. The van der Waals surface area contributed by atoms with Crippen molar-refractivity contribution in [3.63, 3.8) is 0 Å². The average molecular weight is 595 g/mol. The van der Waals surface area contributed by atoms with Gasteiger partial charge in [0, 0.05) is 27.3 Å². The molecule has 0 spiro atoms. The Bertz CT molecular complexity index is 2410. The van der Waals surface area contributed by atoms with Gasteiger partial charge in [-0.05, 0) is 35.4 Å². The van der Waals surface area contributed by atoms with E-state index in [1.54, 1.807) is 18.2 Å². The summed E-state index contributed by atoms with van der Waals surface area (Å²) in [7, 11) is 0. The Labute approximate surface area is 251 Å². The molecule has 10 heteroatoms. The second-order valence-corrected chi connectivity index (χ2v) is 10.4. The van der Waals surface area contributed by atoms with Gasteiger partial charge in [-0.3, -0.25) is 0 Å². The average Bonchev–Trinajstić information content (AvgIpc) is 3.55. The molecule has 0 fully saturated rings. The number of nitriles is 3. The number of halogens is 3. The van der Waals surface area contributed by atoms with Gasteiger partial charge >= 0.3 is 0 Å². The maximum Gasteiger partial charge on any atom is 0.164 e. The molecular formula is C34H13F3N6S. The minimum absolute atomic E-state index is 0.0202. The fourth-order valence-electron chi connectivity index (χ4n) is 5.45. The molecule has 5 aromatic carbocycles. The number of benzene rings is 5. The Morgan fingerprint density at radius 1 is 0.614 bits per heavy atom. The number of hydrogen-bond acceptors (Lipinski definition) is 7. The van der Waals surface area contributed by atoms with Gasteiger partial charge in [-0.25, -0.2) is 18.2 Å². The normalized spacial score (nSPS) is 11.0. The van der Waals surface area contributed by atoms with Gasteiger partial charge in [0.1, 0.15) is 34.3 Å². The maximum absolute atomic E-state index is 15.3. The van der Waals surface area contributed by atoms with Crippen LogP contribution in [-0.4, -0.2) is 13.7 Å². The van der Waals surface area contributed by atoms with Crippen LogP contribution in [0.5, 0.6) is 0 Å². The van der Waals surface area contributed by atoms with E-state index < -0.39 is 34.1 Å². The molecule has 0 radical (unpaired) electrons. The number of pyridine rings is 1. The molecule has 7 rings (SSSR count). The smallest absolute Gasteiger partial charge is 0.164 e. The Morgan fingerprint density at radius 3 is 1.93 bits per heavy atom. The van der Waals surface area contributed by atoms with Crippen LogP contribution in [-0.2, 0) is 0 Å². The molecule has 6 nitrogen and oxygen atoms in total. The third-order valence-electron chi connectivity index (χ3n) is 7.49. The predicted molar refractivity (Wildman–Crippen MR) is 161 cm³/mol. The van der Waals surface area contributed by atoms with Gasteiger partial charge in [0.05, 0.1) is 40.1 Å². The lowest BCUT2D eigenvalue weighted by Crippen LogP contribution is -2.04. The molecule has 0 aliphatic heterocycles. The Morgan fingerprint density at radius 2 is 1.27 bits per heavy atom. The van der Waals surface area contributed by atoms with Crippen molar-refractivity contribution in [2.24, 2.45) is 0 Å². The van der Waals surface area contributed by atoms with E-state index in [2.05, 4.69) is 14.8 Å². The van der Waals surface area contributed by atoms with E-state index in [0.29, 0.717) is 33.2 Å². The van der Waals surface area contributed by atoms with Crippen molar-refractivity contribution in [3.05, 3.63) is 113 Å². The topological polar surface area (TPSA) is 110 Å². The third kappa shape index (κ3) is 3.96. The van der Waals surface area contributed by atoms with Crippen molar-refractivity contribution in [2.45, 2.75) is 0 Å². The summed E-state index contributed by atoms with van der Waals surface area (Å²) in [5, 5.41) is 30.1. The van der Waals surface area contributed by atoms with Crippen molar-refractivity contribution in [1.82, 2.24) is 13.7 Å². The van der Waals surface area contributed by atoms with Gasteiger partial charge < -0.3 is 0 Å². The number of fused-ring (bicyclic) bond motifs is 5. The highest BCUT2D eigenvalue weighted by atomic mass is 32.1. The molecule has 0 saturated heterocycles. The second-order valence-electron chi connectivity index (χ2n) is 9.85. The van der Waals surface area contributed by atoms with Crippen LogP contribution in [0.1, 0.15) is 16.7 Å². The molecular weight excluding hydrogens is 581 g/mol. The van der Waals surface area contributed by atoms with Crippen LogP contribution in [0.2, 0.25) is 0 Å². The van der Waals surface area contributed by atoms with Crippen LogP contribution in [0.15, 0.2) is 78.9 Å². The van der Waals surface area contributed by atoms with Crippen LogP contribution in [0.4, 0.5) is 13.2 Å². The Balaban J connectivity index is 1.58. The summed E-state index contributed by atoms with van der Waals surface area (Å²) in [6.45, 7) is 0. The summed E-state index contributed by atoms with van der Waals surface area (Å²) in [6, 6.07) is 27.9. The monoisotopic (exact) mass is 594 g/mol. The molecule has 206 valence electrons. The molecule has 2 heterocycles. The van der Waals surface area contributed by atoms with Gasteiger partial charge in [0.25, 0.3) is 0 Å². The SMILES string of the molecule is N#Cc1ccc(-c2cc3c(-c4ccccc4)nc4cc(-c5c(F)c(C#N)c(F)c(C#N)c5F)ccc4c3c3nsnc23)cc1. The highest BCUT2D eigenvalue weighted by Gasteiger charge is 2.27. The summed E-state index contributed by atoms with van der Waals surface area (Å²) < 4.78 is 54.4. The summed E-state index contributed by atoms with van der Waals surface area (Å²) in [6.07, 6.45) is 0. The van der Waals surface area contributed by atoms with Gasteiger partial charge in [0.2, 0.25) is 0 Å². The van der Waals surface area contributed by atoms with E-state index in [1.165, 1.54) is 24.3 Å². The lowest BCUT2D eigenvalue weighted by Gasteiger charge is -2.15. The number of hydrogen-bond donors (Lipinski definition) is 0. The van der Waals surface area contributed by atoms with Gasteiger partial charge in [0.15, 0.2) is 17.5 Å². The van der Waals surface area contributed by atoms with E-state index in [0.717, 1.165) is 39.2 Å². The lowest BCUT2D eigenvalue weighted by molar-refractivity contribution is 0.539. The summed E-state index contributed by atoms with van der Waals surface area (Å²) >= 11 is 1.04. The molecule has 2 aromatic heterocycles. The van der Waals surface area contributed by atoms with Gasteiger partial charge in [-0.1, -0.05) is 54.6 Å². The Hall–Kier alpha value is -6.15. The second kappa shape index (κ2) is 10.3. The van der Waals surface area contributed by atoms with E-state index in [4.69, 9.17) is 4.98 Å². The fraction of sp³-hybridized carbons (Fsp3) is 0. The molecule has 0 atom stereocenters. The van der Waals surface area contributed by atoms with Gasteiger partial charge in [-0.2, -0.15) is 24.5 Å². The van der Waals surface area contributed by atoms with Crippen LogP contribution in [0.3, 0.4) is 0 Å². The molecule has 0 bridgehead atoms. The zero-order valence-electron chi connectivity index (χ0n) is 22.2. The summed E-state index contributed by atoms with van der Waals surface area (Å²) in [5.41, 5.74) is 2.29. The van der Waals surface area contributed by atoms with Crippen LogP contribution < -0.4 is 0 Å². The standard InChI is InChI=1S/C34H13F3N6S/c35-29-24(15-39)30(36)27(31(37)25(29)16-40)20-10-11-21-26(12-20)41-32(19-4-2-1-3-5-19)23-13-22(18-8-6-17(14-38)7-9-18)33-34(28(21)23)43-44-42-33/h1-13H. The predicted octanol–water partition coefficient (Wildman–Crippen LogP) is 8.43. The first-order valence-electron chi connectivity index (χ1n) is 13.0. The van der Waals surface area contributed by atoms with Crippen molar-refractivity contribution in [3.8, 4) is 51.7 Å². The summed E-state index contributed by atoms with van der Waals surface area (Å²) in [5.74, 6) is -4.34. The minimum atomic E-state index is -1.54. The van der Waals surface area contributed by atoms with Crippen molar-refractivity contribution in [1.29, 1.82) is 15.8 Å². The van der Waals surface area contributed by atoms with Crippen LogP contribution in [0, 0.1) is 51.4 Å². The maximum atomic E-state index is 15.3. The van der Waals surface area contributed by atoms with Crippen LogP contribution in [0.25, 0.3) is 66.2 Å². The number of aromatic nitrogens is 3. The van der Waals surface area contributed by atoms with Crippen molar-refractivity contribution < 1.29 is 13.2 Å². The first kappa shape index (κ1) is 26.7. The van der Waals surface area contributed by atoms with E-state index in [-0.39, 0.29) is 5.56 Å². The molecule has 0 amide bonds. The highest BCUT2D eigenvalue weighted by Crippen LogP contribution is 2.42. The zero-order chi connectivity index (χ0) is 30.5. The van der Waals surface area contributed by atoms with E-state index in [1.807, 2.05) is 48.5 Å². The quantitative estimate of drug-likeness (QED) is 0.190. The molecule has 0 aliphatic rings.